The van der Waals surface area contributed by atoms with Crippen LogP contribution in [0.2, 0.25) is 0 Å². The Bertz CT molecular complexity index is 478. The van der Waals surface area contributed by atoms with Crippen LogP contribution in [-0.4, -0.2) is 39.7 Å². The first-order chi connectivity index (χ1) is 9.49. The second-order valence-corrected chi connectivity index (χ2v) is 5.46. The van der Waals surface area contributed by atoms with Gasteiger partial charge in [0.2, 0.25) is 11.8 Å². The molecule has 2 rings (SSSR count). The second kappa shape index (κ2) is 6.07. The molecule has 110 valence electrons. The molecule has 1 aliphatic heterocycles. The van der Waals surface area contributed by atoms with Crippen LogP contribution in [0, 0.1) is 5.92 Å². The number of rotatable bonds is 4. The fourth-order valence-electron chi connectivity index (χ4n) is 2.57. The van der Waals surface area contributed by atoms with Crippen molar-refractivity contribution >= 4 is 11.9 Å². The van der Waals surface area contributed by atoms with Crippen LogP contribution in [-0.2, 0) is 4.79 Å². The Balaban J connectivity index is 2.26. The van der Waals surface area contributed by atoms with Crippen LogP contribution in [0.4, 0.5) is 5.95 Å². The molecule has 1 saturated heterocycles. The van der Waals surface area contributed by atoms with E-state index in [2.05, 4.69) is 9.97 Å². The average molecular weight is 279 g/mol. The maximum atomic E-state index is 11.5. The molecule has 2 unspecified atom stereocenters. The van der Waals surface area contributed by atoms with E-state index in [-0.39, 0.29) is 12.0 Å². The number of nitrogens with zero attached hydrogens (tertiary/aromatic N) is 3. The average Bonchev–Trinajstić information content (AvgIpc) is 2.37. The van der Waals surface area contributed by atoms with Gasteiger partial charge in [0, 0.05) is 18.8 Å². The predicted octanol–water partition coefficient (Wildman–Crippen LogP) is 1.95. The number of ether oxygens (including phenoxy) is 1. The standard InChI is InChI=1S/C14H21N3O3/c1-9(2)20-11-6-7-15-14(16-11)17-8-4-5-10(3)12(17)13(18)19/h6-7,9-10,12H,4-5,8H2,1-3H3,(H,18,19). The highest BCUT2D eigenvalue weighted by Crippen LogP contribution is 2.27. The van der Waals surface area contributed by atoms with E-state index in [1.54, 1.807) is 17.2 Å². The van der Waals surface area contributed by atoms with Gasteiger partial charge in [0.05, 0.1) is 6.10 Å². The lowest BCUT2D eigenvalue weighted by Crippen LogP contribution is -2.50. The topological polar surface area (TPSA) is 75.5 Å². The van der Waals surface area contributed by atoms with E-state index in [4.69, 9.17) is 4.74 Å². The van der Waals surface area contributed by atoms with Gasteiger partial charge in [-0.2, -0.15) is 4.98 Å². The molecule has 0 aromatic carbocycles. The summed E-state index contributed by atoms with van der Waals surface area (Å²) in [6.07, 6.45) is 3.49. The van der Waals surface area contributed by atoms with Gasteiger partial charge in [-0.25, -0.2) is 9.78 Å². The number of aliphatic carboxylic acids is 1. The summed E-state index contributed by atoms with van der Waals surface area (Å²) in [5.74, 6) is 0.171. The number of piperidine rings is 1. The highest BCUT2D eigenvalue weighted by Gasteiger charge is 2.35. The molecule has 0 amide bonds. The number of carboxylic acid groups (broad SMARTS) is 1. The molecule has 0 radical (unpaired) electrons. The first-order valence-electron chi connectivity index (χ1n) is 6.98. The van der Waals surface area contributed by atoms with E-state index in [9.17, 15) is 9.90 Å². The third-order valence-corrected chi connectivity index (χ3v) is 3.42. The van der Waals surface area contributed by atoms with Crippen molar-refractivity contribution < 1.29 is 14.6 Å². The van der Waals surface area contributed by atoms with Crippen molar-refractivity contribution in [3.8, 4) is 5.88 Å². The molecule has 20 heavy (non-hydrogen) atoms. The molecule has 6 nitrogen and oxygen atoms in total. The van der Waals surface area contributed by atoms with E-state index < -0.39 is 12.0 Å². The van der Waals surface area contributed by atoms with Crippen LogP contribution in [0.5, 0.6) is 5.88 Å². The van der Waals surface area contributed by atoms with Crippen LogP contribution in [0.25, 0.3) is 0 Å². The molecule has 0 aliphatic carbocycles. The van der Waals surface area contributed by atoms with Crippen LogP contribution >= 0.6 is 0 Å². The van der Waals surface area contributed by atoms with Crippen molar-refractivity contribution in [1.29, 1.82) is 0 Å². The Kier molecular flexibility index (Phi) is 4.42. The van der Waals surface area contributed by atoms with E-state index in [0.717, 1.165) is 12.8 Å². The smallest absolute Gasteiger partial charge is 0.326 e. The van der Waals surface area contributed by atoms with Gasteiger partial charge in [-0.3, -0.25) is 0 Å². The lowest BCUT2D eigenvalue weighted by molar-refractivity contribution is -0.140. The SMILES string of the molecule is CC(C)Oc1ccnc(N2CCCC(C)C2C(=O)O)n1. The number of carboxylic acids is 1. The summed E-state index contributed by atoms with van der Waals surface area (Å²) in [5, 5.41) is 9.43. The molecule has 0 saturated carbocycles. The predicted molar refractivity (Wildman–Crippen MR) is 75.0 cm³/mol. The molecule has 1 aromatic rings. The zero-order valence-corrected chi connectivity index (χ0v) is 12.1. The summed E-state index contributed by atoms with van der Waals surface area (Å²) in [5.41, 5.74) is 0. The van der Waals surface area contributed by atoms with Gasteiger partial charge in [0.15, 0.2) is 0 Å². The second-order valence-electron chi connectivity index (χ2n) is 5.46. The van der Waals surface area contributed by atoms with Crippen LogP contribution in [0.15, 0.2) is 12.3 Å². The van der Waals surface area contributed by atoms with Crippen molar-refractivity contribution in [2.45, 2.75) is 45.8 Å². The highest BCUT2D eigenvalue weighted by atomic mass is 16.5. The number of carbonyl (C=O) groups is 1. The zero-order valence-electron chi connectivity index (χ0n) is 12.1. The number of hydrogen-bond acceptors (Lipinski definition) is 5. The third kappa shape index (κ3) is 3.18. The van der Waals surface area contributed by atoms with Gasteiger partial charge >= 0.3 is 5.97 Å². The molecule has 6 heteroatoms. The maximum Gasteiger partial charge on any atom is 0.326 e. The largest absolute Gasteiger partial charge is 0.480 e. The molecular weight excluding hydrogens is 258 g/mol. The number of anilines is 1. The van der Waals surface area contributed by atoms with Crippen LogP contribution in [0.1, 0.15) is 33.6 Å². The quantitative estimate of drug-likeness (QED) is 0.908. The monoisotopic (exact) mass is 279 g/mol. The summed E-state index contributed by atoms with van der Waals surface area (Å²) in [7, 11) is 0. The van der Waals surface area contributed by atoms with Crippen LogP contribution in [0.3, 0.4) is 0 Å². The molecule has 0 spiro atoms. The normalized spacial score (nSPS) is 22.9. The molecule has 1 N–H and O–H groups in total. The molecule has 1 aromatic heterocycles. The summed E-state index contributed by atoms with van der Waals surface area (Å²) < 4.78 is 5.54. The van der Waals surface area contributed by atoms with Crippen molar-refractivity contribution in [2.24, 2.45) is 5.92 Å². The van der Waals surface area contributed by atoms with Gasteiger partial charge in [-0.15, -0.1) is 0 Å². The Labute approximate surface area is 118 Å². The van der Waals surface area contributed by atoms with Crippen molar-refractivity contribution in [2.75, 3.05) is 11.4 Å². The van der Waals surface area contributed by atoms with Gasteiger partial charge in [-0.05, 0) is 32.6 Å². The zero-order chi connectivity index (χ0) is 14.7. The lowest BCUT2D eigenvalue weighted by atomic mass is 9.91. The first-order valence-corrected chi connectivity index (χ1v) is 6.98. The van der Waals surface area contributed by atoms with E-state index in [1.165, 1.54) is 0 Å². The Hall–Kier alpha value is -1.85. The van der Waals surface area contributed by atoms with Crippen molar-refractivity contribution in [1.82, 2.24) is 9.97 Å². The summed E-state index contributed by atoms with van der Waals surface area (Å²) in [6, 6.07) is 1.12. The summed E-state index contributed by atoms with van der Waals surface area (Å²) >= 11 is 0. The highest BCUT2D eigenvalue weighted by molar-refractivity contribution is 5.78. The molecule has 1 fully saturated rings. The van der Waals surface area contributed by atoms with Gasteiger partial charge in [-0.1, -0.05) is 6.92 Å². The molecular formula is C14H21N3O3. The molecule has 1 aliphatic rings. The first kappa shape index (κ1) is 14.6. The number of hydrogen-bond donors (Lipinski definition) is 1. The number of aromatic nitrogens is 2. The van der Waals surface area contributed by atoms with Crippen molar-refractivity contribution in [3.05, 3.63) is 12.3 Å². The Morgan fingerprint density at radius 2 is 2.30 bits per heavy atom. The fraction of sp³-hybridized carbons (Fsp3) is 0.643. The van der Waals surface area contributed by atoms with E-state index >= 15 is 0 Å². The minimum absolute atomic E-state index is 0.0216. The molecule has 2 atom stereocenters. The maximum absolute atomic E-state index is 11.5. The van der Waals surface area contributed by atoms with E-state index in [0.29, 0.717) is 18.4 Å². The van der Waals surface area contributed by atoms with E-state index in [1.807, 2.05) is 20.8 Å². The Morgan fingerprint density at radius 1 is 1.55 bits per heavy atom. The molecule has 2 heterocycles. The minimum Gasteiger partial charge on any atom is -0.480 e. The lowest BCUT2D eigenvalue weighted by Gasteiger charge is -2.37. The summed E-state index contributed by atoms with van der Waals surface area (Å²) in [6.45, 7) is 6.46. The Morgan fingerprint density at radius 3 is 2.95 bits per heavy atom. The van der Waals surface area contributed by atoms with Gasteiger partial charge < -0.3 is 14.7 Å². The molecule has 0 bridgehead atoms. The third-order valence-electron chi connectivity index (χ3n) is 3.42. The van der Waals surface area contributed by atoms with Gasteiger partial charge in [0.1, 0.15) is 6.04 Å². The fourth-order valence-corrected chi connectivity index (χ4v) is 2.57. The summed E-state index contributed by atoms with van der Waals surface area (Å²) in [4.78, 5) is 21.8. The minimum atomic E-state index is -0.823. The van der Waals surface area contributed by atoms with Gasteiger partial charge in [0.25, 0.3) is 0 Å². The van der Waals surface area contributed by atoms with Crippen molar-refractivity contribution in [3.63, 3.8) is 0 Å². The van der Waals surface area contributed by atoms with Crippen LogP contribution < -0.4 is 9.64 Å².